The van der Waals surface area contributed by atoms with Crippen LogP contribution in [0.2, 0.25) is 0 Å². The van der Waals surface area contributed by atoms with Crippen LogP contribution in [0.5, 0.6) is 5.75 Å². The molecule has 5 atom stereocenters. The molecule has 2 aliphatic carbocycles. The summed E-state index contributed by atoms with van der Waals surface area (Å²) in [6, 6.07) is 18.3. The van der Waals surface area contributed by atoms with Gasteiger partial charge < -0.3 is 14.6 Å². The molecular weight excluding hydrogens is 429 g/mol. The van der Waals surface area contributed by atoms with Crippen LogP contribution >= 0.6 is 0 Å². The highest BCUT2D eigenvalue weighted by Gasteiger charge is 2.59. The lowest BCUT2D eigenvalue weighted by molar-refractivity contribution is -0.120. The highest BCUT2D eigenvalue weighted by molar-refractivity contribution is 5.92. The SMILES string of the molecule is CC(C(=O)Nc1ccn(-c2ccccc2)c1)C1[C@H]2CC(Oc3ccnc4ccc(F)cc34)C[C@@H]12. The smallest absolute Gasteiger partial charge is 0.227 e. The molecule has 3 unspecified atom stereocenters. The fourth-order valence-corrected chi connectivity index (χ4v) is 5.72. The normalized spacial score (nSPS) is 23.9. The molecule has 6 heteroatoms. The molecule has 2 saturated carbocycles. The Morgan fingerprint density at radius 3 is 2.71 bits per heavy atom. The van der Waals surface area contributed by atoms with Crippen LogP contribution in [-0.2, 0) is 4.79 Å². The summed E-state index contributed by atoms with van der Waals surface area (Å²) in [6.07, 6.45) is 7.55. The maximum absolute atomic E-state index is 13.7. The number of ether oxygens (including phenoxy) is 1. The van der Waals surface area contributed by atoms with Crippen molar-refractivity contribution in [1.82, 2.24) is 9.55 Å². The Hall–Kier alpha value is -3.67. The summed E-state index contributed by atoms with van der Waals surface area (Å²) in [4.78, 5) is 17.2. The highest BCUT2D eigenvalue weighted by atomic mass is 19.1. The predicted octanol–water partition coefficient (Wildman–Crippen LogP) is 5.84. The number of halogens is 1. The first-order chi connectivity index (χ1) is 16.6. The van der Waals surface area contributed by atoms with E-state index in [1.807, 2.05) is 60.3 Å². The molecule has 5 nitrogen and oxygen atoms in total. The van der Waals surface area contributed by atoms with E-state index < -0.39 is 0 Å². The number of fused-ring (bicyclic) bond motifs is 2. The zero-order chi connectivity index (χ0) is 23.2. The van der Waals surface area contributed by atoms with Crippen molar-refractivity contribution < 1.29 is 13.9 Å². The van der Waals surface area contributed by atoms with Gasteiger partial charge in [0.2, 0.25) is 5.91 Å². The average molecular weight is 456 g/mol. The number of hydrogen-bond acceptors (Lipinski definition) is 3. The second-order valence-electron chi connectivity index (χ2n) is 9.51. The van der Waals surface area contributed by atoms with E-state index >= 15 is 0 Å². The van der Waals surface area contributed by atoms with E-state index in [1.54, 1.807) is 18.3 Å². The van der Waals surface area contributed by atoms with Crippen molar-refractivity contribution in [3.63, 3.8) is 0 Å². The van der Waals surface area contributed by atoms with Crippen LogP contribution < -0.4 is 10.1 Å². The van der Waals surface area contributed by atoms with Crippen LogP contribution in [0, 0.1) is 29.5 Å². The number of hydrogen-bond donors (Lipinski definition) is 1. The quantitative estimate of drug-likeness (QED) is 0.397. The van der Waals surface area contributed by atoms with Crippen LogP contribution in [0.25, 0.3) is 16.6 Å². The van der Waals surface area contributed by atoms with Crippen molar-refractivity contribution >= 4 is 22.5 Å². The van der Waals surface area contributed by atoms with E-state index in [0.717, 1.165) is 29.7 Å². The minimum absolute atomic E-state index is 0.0492. The first-order valence-corrected chi connectivity index (χ1v) is 11.8. The summed E-state index contributed by atoms with van der Waals surface area (Å²) in [5.74, 6) is 1.81. The van der Waals surface area contributed by atoms with Crippen LogP contribution in [0.4, 0.5) is 10.1 Å². The fraction of sp³-hybridized carbons (Fsp3) is 0.286. The Labute approximate surface area is 197 Å². The standard InChI is InChI=1S/C28H26FN3O2/c1-17(28(33)31-19-10-12-32(16-19)20-5-3-2-4-6-20)27-22-14-21(15-23(22)27)34-26-9-11-30-25-8-7-18(29)13-24(25)26/h2-13,16-17,21-23,27H,14-15H2,1H3,(H,31,33)/t17?,21?,22-,23+,27?. The summed E-state index contributed by atoms with van der Waals surface area (Å²) in [6.45, 7) is 2.03. The zero-order valence-corrected chi connectivity index (χ0v) is 18.9. The Kier molecular flexibility index (Phi) is 5.09. The first kappa shape index (κ1) is 20.9. The molecule has 2 aliphatic rings. The molecule has 2 fully saturated rings. The third-order valence-electron chi connectivity index (χ3n) is 7.43. The molecule has 2 aromatic heterocycles. The van der Waals surface area contributed by atoms with Crippen LogP contribution in [0.3, 0.4) is 0 Å². The number of benzene rings is 2. The second-order valence-corrected chi connectivity index (χ2v) is 9.51. The summed E-state index contributed by atoms with van der Waals surface area (Å²) in [5, 5.41) is 3.79. The average Bonchev–Trinajstić information content (AvgIpc) is 3.15. The number of aromatic nitrogens is 2. The van der Waals surface area contributed by atoms with Gasteiger partial charge in [0, 0.05) is 35.6 Å². The van der Waals surface area contributed by atoms with Gasteiger partial charge in [0.15, 0.2) is 0 Å². The summed E-state index contributed by atoms with van der Waals surface area (Å²) >= 11 is 0. The summed E-state index contributed by atoms with van der Waals surface area (Å²) in [5.41, 5.74) is 2.60. The maximum Gasteiger partial charge on any atom is 0.227 e. The van der Waals surface area contributed by atoms with Gasteiger partial charge in [-0.1, -0.05) is 25.1 Å². The van der Waals surface area contributed by atoms with Gasteiger partial charge in [-0.2, -0.15) is 0 Å². The van der Waals surface area contributed by atoms with Crippen molar-refractivity contribution in [1.29, 1.82) is 0 Å². The largest absolute Gasteiger partial charge is 0.490 e. The minimum Gasteiger partial charge on any atom is -0.490 e. The lowest BCUT2D eigenvalue weighted by Crippen LogP contribution is -2.25. The third kappa shape index (κ3) is 3.83. The van der Waals surface area contributed by atoms with Gasteiger partial charge in [0.1, 0.15) is 11.6 Å². The molecule has 34 heavy (non-hydrogen) atoms. The molecule has 0 spiro atoms. The Bertz CT molecular complexity index is 1340. The van der Waals surface area contributed by atoms with E-state index in [4.69, 9.17) is 4.74 Å². The molecule has 1 amide bonds. The van der Waals surface area contributed by atoms with E-state index in [9.17, 15) is 9.18 Å². The van der Waals surface area contributed by atoms with Gasteiger partial charge in [0.25, 0.3) is 0 Å². The molecule has 2 heterocycles. The van der Waals surface area contributed by atoms with Crippen molar-refractivity contribution in [2.45, 2.75) is 25.9 Å². The monoisotopic (exact) mass is 455 g/mol. The number of pyridine rings is 1. The lowest BCUT2D eigenvalue weighted by atomic mass is 9.97. The predicted molar refractivity (Wildman–Crippen MR) is 129 cm³/mol. The van der Waals surface area contributed by atoms with E-state index in [2.05, 4.69) is 10.3 Å². The van der Waals surface area contributed by atoms with E-state index in [0.29, 0.717) is 28.9 Å². The van der Waals surface area contributed by atoms with Gasteiger partial charge in [-0.25, -0.2) is 4.39 Å². The number of para-hydroxylation sites is 1. The molecule has 2 aromatic carbocycles. The molecule has 0 aliphatic heterocycles. The van der Waals surface area contributed by atoms with Crippen LogP contribution in [0.15, 0.2) is 79.3 Å². The third-order valence-corrected chi connectivity index (χ3v) is 7.43. The number of amides is 1. The van der Waals surface area contributed by atoms with E-state index in [1.165, 1.54) is 12.1 Å². The topological polar surface area (TPSA) is 56.2 Å². The number of nitrogens with zero attached hydrogens (tertiary/aromatic N) is 2. The molecule has 0 bridgehead atoms. The number of rotatable bonds is 6. The van der Waals surface area contributed by atoms with E-state index in [-0.39, 0.29) is 23.7 Å². The second kappa shape index (κ2) is 8.28. The Balaban J connectivity index is 1.06. The van der Waals surface area contributed by atoms with Gasteiger partial charge in [-0.05, 0) is 73.1 Å². The number of carbonyl (C=O) groups excluding carboxylic acids is 1. The van der Waals surface area contributed by atoms with Crippen molar-refractivity contribution in [3.05, 3.63) is 85.1 Å². The molecule has 4 aromatic rings. The van der Waals surface area contributed by atoms with Crippen LogP contribution in [0.1, 0.15) is 19.8 Å². The fourth-order valence-electron chi connectivity index (χ4n) is 5.72. The lowest BCUT2D eigenvalue weighted by Gasteiger charge is -2.20. The Morgan fingerprint density at radius 1 is 1.12 bits per heavy atom. The van der Waals surface area contributed by atoms with Crippen molar-refractivity contribution in [2.75, 3.05) is 5.32 Å². The number of carbonyl (C=O) groups is 1. The molecule has 172 valence electrons. The number of anilines is 1. The zero-order valence-electron chi connectivity index (χ0n) is 18.9. The molecule has 6 rings (SSSR count). The van der Waals surface area contributed by atoms with Gasteiger partial charge >= 0.3 is 0 Å². The first-order valence-electron chi connectivity index (χ1n) is 11.8. The van der Waals surface area contributed by atoms with Crippen LogP contribution in [-0.4, -0.2) is 21.6 Å². The van der Waals surface area contributed by atoms with Gasteiger partial charge in [-0.15, -0.1) is 0 Å². The number of nitrogens with one attached hydrogen (secondary N) is 1. The molecular formula is C28H26FN3O2. The maximum atomic E-state index is 13.7. The van der Waals surface area contributed by atoms with Crippen molar-refractivity contribution in [3.8, 4) is 11.4 Å². The molecule has 0 radical (unpaired) electrons. The summed E-state index contributed by atoms with van der Waals surface area (Å²) < 4.78 is 22.0. The van der Waals surface area contributed by atoms with Gasteiger partial charge in [-0.3, -0.25) is 9.78 Å². The minimum atomic E-state index is -0.293. The molecule has 1 N–H and O–H groups in total. The van der Waals surface area contributed by atoms with Gasteiger partial charge in [0.05, 0.1) is 17.3 Å². The van der Waals surface area contributed by atoms with Crippen molar-refractivity contribution in [2.24, 2.45) is 23.7 Å². The summed E-state index contributed by atoms with van der Waals surface area (Å²) in [7, 11) is 0. The molecule has 0 saturated heterocycles. The highest BCUT2D eigenvalue weighted by Crippen LogP contribution is 2.61. The Morgan fingerprint density at radius 2 is 1.91 bits per heavy atom.